The van der Waals surface area contributed by atoms with Gasteiger partial charge in [0, 0.05) is 24.4 Å². The number of aryl methyl sites for hydroxylation is 2. The highest BCUT2D eigenvalue weighted by Crippen LogP contribution is 2.47. The molecule has 0 unspecified atom stereocenters. The smallest absolute Gasteiger partial charge is 0.233 e. The zero-order chi connectivity index (χ0) is 17.3. The van der Waals surface area contributed by atoms with Gasteiger partial charge in [0.1, 0.15) is 11.5 Å². The monoisotopic (exact) mass is 345 g/mol. The number of furan rings is 1. The molecule has 0 saturated heterocycles. The lowest BCUT2D eigenvalue weighted by atomic mass is 10.3. The summed E-state index contributed by atoms with van der Waals surface area (Å²) in [6.07, 6.45) is 1.20. The second kappa shape index (κ2) is 6.97. The van der Waals surface area contributed by atoms with Gasteiger partial charge in [0.05, 0.1) is 12.3 Å². The Kier molecular flexibility index (Phi) is 4.94. The van der Waals surface area contributed by atoms with Gasteiger partial charge in [-0.2, -0.15) is 0 Å². The number of hydrogen-bond donors (Lipinski definition) is 0. The summed E-state index contributed by atoms with van der Waals surface area (Å²) in [4.78, 5) is 22.7. The number of aromatic nitrogens is 2. The van der Waals surface area contributed by atoms with E-state index in [4.69, 9.17) is 4.42 Å². The molecule has 1 fully saturated rings. The van der Waals surface area contributed by atoms with E-state index < -0.39 is 0 Å². The SMILES string of the molecule is Cc1cc(C)nc(SCC(=O)N(C)Cc2ccc([C@@H]3C[C@@H]3C)o2)n1. The van der Waals surface area contributed by atoms with Crippen molar-refractivity contribution in [2.24, 2.45) is 5.92 Å². The molecule has 1 aliphatic carbocycles. The van der Waals surface area contributed by atoms with Crippen molar-refractivity contribution >= 4 is 17.7 Å². The number of rotatable bonds is 6. The predicted octanol–water partition coefficient (Wildman–Crippen LogP) is 3.56. The average Bonchev–Trinajstić information content (AvgIpc) is 3.06. The molecular formula is C18H23N3O2S. The Morgan fingerprint density at radius 3 is 2.62 bits per heavy atom. The molecule has 0 N–H and O–H groups in total. The molecule has 2 heterocycles. The van der Waals surface area contributed by atoms with Crippen molar-refractivity contribution in [2.75, 3.05) is 12.8 Å². The highest BCUT2D eigenvalue weighted by Gasteiger charge is 2.36. The van der Waals surface area contributed by atoms with Crippen LogP contribution in [-0.4, -0.2) is 33.6 Å². The molecule has 0 bridgehead atoms. The molecule has 3 rings (SSSR count). The quantitative estimate of drug-likeness (QED) is 0.592. The Morgan fingerprint density at radius 1 is 1.33 bits per heavy atom. The van der Waals surface area contributed by atoms with Crippen LogP contribution in [0.3, 0.4) is 0 Å². The van der Waals surface area contributed by atoms with Crippen molar-refractivity contribution in [3.8, 4) is 0 Å². The van der Waals surface area contributed by atoms with E-state index in [1.165, 1.54) is 18.2 Å². The lowest BCUT2D eigenvalue weighted by Crippen LogP contribution is -2.27. The first-order valence-electron chi connectivity index (χ1n) is 8.20. The van der Waals surface area contributed by atoms with E-state index in [0.29, 0.717) is 23.4 Å². The molecule has 2 aromatic heterocycles. The van der Waals surface area contributed by atoms with Crippen molar-refractivity contribution in [3.63, 3.8) is 0 Å². The second-order valence-corrected chi connectivity index (χ2v) is 7.54. The van der Waals surface area contributed by atoms with Gasteiger partial charge in [0.25, 0.3) is 0 Å². The zero-order valence-electron chi connectivity index (χ0n) is 14.6. The fourth-order valence-corrected chi connectivity index (χ4v) is 3.60. The molecule has 2 atom stereocenters. The zero-order valence-corrected chi connectivity index (χ0v) is 15.4. The normalized spacial score (nSPS) is 19.3. The average molecular weight is 345 g/mol. The molecule has 0 radical (unpaired) electrons. The topological polar surface area (TPSA) is 59.2 Å². The molecule has 0 aromatic carbocycles. The van der Waals surface area contributed by atoms with Gasteiger partial charge in [0.2, 0.25) is 5.91 Å². The molecule has 5 nitrogen and oxygen atoms in total. The van der Waals surface area contributed by atoms with E-state index in [1.54, 1.807) is 11.9 Å². The minimum Gasteiger partial charge on any atom is -0.464 e. The standard InChI is InChI=1S/C18H23N3O2S/c1-11-7-15(11)16-6-5-14(23-16)9-21(4)17(22)10-24-18-19-12(2)8-13(3)20-18/h5-6,8,11,15H,7,9-10H2,1-4H3/t11-,15+/m0/s1. The highest BCUT2D eigenvalue weighted by atomic mass is 32.2. The van der Waals surface area contributed by atoms with Crippen molar-refractivity contribution < 1.29 is 9.21 Å². The lowest BCUT2D eigenvalue weighted by Gasteiger charge is -2.15. The van der Waals surface area contributed by atoms with E-state index in [0.717, 1.165) is 28.8 Å². The molecule has 0 aliphatic heterocycles. The Labute approximate surface area is 146 Å². The number of hydrogen-bond acceptors (Lipinski definition) is 5. The van der Waals surface area contributed by atoms with Crippen LogP contribution in [0, 0.1) is 19.8 Å². The first-order chi connectivity index (χ1) is 11.4. The summed E-state index contributed by atoms with van der Waals surface area (Å²) in [5.41, 5.74) is 1.84. The van der Waals surface area contributed by atoms with Crippen molar-refractivity contribution in [1.82, 2.24) is 14.9 Å². The van der Waals surface area contributed by atoms with Crippen molar-refractivity contribution in [3.05, 3.63) is 41.1 Å². The minimum absolute atomic E-state index is 0.0421. The van der Waals surface area contributed by atoms with Crippen molar-refractivity contribution in [2.45, 2.75) is 44.8 Å². The maximum absolute atomic E-state index is 12.3. The van der Waals surface area contributed by atoms with Gasteiger partial charge < -0.3 is 9.32 Å². The van der Waals surface area contributed by atoms with Crippen LogP contribution >= 0.6 is 11.8 Å². The number of carbonyl (C=O) groups is 1. The molecule has 1 saturated carbocycles. The van der Waals surface area contributed by atoms with Crippen LogP contribution in [0.1, 0.15) is 42.2 Å². The molecule has 2 aromatic rings. The van der Waals surface area contributed by atoms with E-state index in [2.05, 4.69) is 16.9 Å². The summed E-state index contributed by atoms with van der Waals surface area (Å²) in [6.45, 7) is 6.59. The second-order valence-electron chi connectivity index (χ2n) is 6.60. The van der Waals surface area contributed by atoms with Crippen LogP contribution in [-0.2, 0) is 11.3 Å². The summed E-state index contributed by atoms with van der Waals surface area (Å²) in [5, 5.41) is 0.650. The summed E-state index contributed by atoms with van der Waals surface area (Å²) in [5.74, 6) is 3.55. The van der Waals surface area contributed by atoms with Crippen LogP contribution < -0.4 is 0 Å². The Morgan fingerprint density at radius 2 is 2.00 bits per heavy atom. The fraction of sp³-hybridized carbons (Fsp3) is 0.500. The summed E-state index contributed by atoms with van der Waals surface area (Å²) in [7, 11) is 1.80. The number of thioether (sulfide) groups is 1. The minimum atomic E-state index is 0.0421. The molecule has 0 spiro atoms. The van der Waals surface area contributed by atoms with Crippen LogP contribution in [0.5, 0.6) is 0 Å². The molecule has 24 heavy (non-hydrogen) atoms. The van der Waals surface area contributed by atoms with Gasteiger partial charge in [0.15, 0.2) is 5.16 Å². The maximum Gasteiger partial charge on any atom is 0.233 e. The number of amides is 1. The van der Waals surface area contributed by atoms with E-state index in [-0.39, 0.29) is 5.91 Å². The fourth-order valence-electron chi connectivity index (χ4n) is 2.71. The predicted molar refractivity (Wildman–Crippen MR) is 93.9 cm³/mol. The lowest BCUT2D eigenvalue weighted by molar-refractivity contribution is -0.127. The van der Waals surface area contributed by atoms with Crippen molar-refractivity contribution in [1.29, 1.82) is 0 Å². The summed E-state index contributed by atoms with van der Waals surface area (Å²) < 4.78 is 5.87. The third kappa shape index (κ3) is 4.17. The van der Waals surface area contributed by atoms with Gasteiger partial charge in [-0.05, 0) is 44.4 Å². The van der Waals surface area contributed by atoms with Gasteiger partial charge in [-0.1, -0.05) is 18.7 Å². The largest absolute Gasteiger partial charge is 0.464 e. The first kappa shape index (κ1) is 17.0. The van der Waals surface area contributed by atoms with Crippen LogP contribution in [0.4, 0.5) is 0 Å². The number of nitrogens with zero attached hydrogens (tertiary/aromatic N) is 3. The molecule has 1 aliphatic rings. The summed E-state index contributed by atoms with van der Waals surface area (Å²) >= 11 is 1.37. The third-order valence-electron chi connectivity index (χ3n) is 4.26. The molecular weight excluding hydrogens is 322 g/mol. The summed E-state index contributed by atoms with van der Waals surface area (Å²) in [6, 6.07) is 5.94. The van der Waals surface area contributed by atoms with Crippen LogP contribution in [0.2, 0.25) is 0 Å². The van der Waals surface area contributed by atoms with Gasteiger partial charge in [-0.15, -0.1) is 0 Å². The van der Waals surface area contributed by atoms with Gasteiger partial charge in [-0.3, -0.25) is 4.79 Å². The maximum atomic E-state index is 12.3. The molecule has 6 heteroatoms. The number of carbonyl (C=O) groups excluding carboxylic acids is 1. The van der Waals surface area contributed by atoms with Crippen LogP contribution in [0.25, 0.3) is 0 Å². The first-order valence-corrected chi connectivity index (χ1v) is 9.18. The van der Waals surface area contributed by atoms with E-state index in [9.17, 15) is 4.79 Å². The Hall–Kier alpha value is -1.82. The third-order valence-corrected chi connectivity index (χ3v) is 5.09. The van der Waals surface area contributed by atoms with Gasteiger partial charge >= 0.3 is 0 Å². The Bertz CT molecular complexity index is 723. The van der Waals surface area contributed by atoms with Crippen LogP contribution in [0.15, 0.2) is 27.8 Å². The molecule has 128 valence electrons. The Balaban J connectivity index is 1.52. The van der Waals surface area contributed by atoms with E-state index in [1.807, 2.05) is 32.0 Å². The van der Waals surface area contributed by atoms with Gasteiger partial charge in [-0.25, -0.2) is 9.97 Å². The highest BCUT2D eigenvalue weighted by molar-refractivity contribution is 7.99. The van der Waals surface area contributed by atoms with E-state index >= 15 is 0 Å². The molecule has 1 amide bonds.